The number of benzene rings is 2. The Hall–Kier alpha value is -3.03. The molecule has 2 aromatic carbocycles. The zero-order chi connectivity index (χ0) is 23.8. The zero-order valence-electron chi connectivity index (χ0n) is 19.1. The normalized spacial score (nSPS) is 15.3. The fraction of sp³-hybridized carbons (Fsp3) is 0.360. The quantitative estimate of drug-likeness (QED) is 0.430. The van der Waals surface area contributed by atoms with Gasteiger partial charge in [0.2, 0.25) is 5.91 Å². The Kier molecular flexibility index (Phi) is 8.74. The Morgan fingerprint density at radius 1 is 1.00 bits per heavy atom. The van der Waals surface area contributed by atoms with Crippen molar-refractivity contribution in [3.63, 3.8) is 0 Å². The Bertz CT molecular complexity index is 985. The molecule has 176 valence electrons. The van der Waals surface area contributed by atoms with Crippen molar-refractivity contribution in [2.45, 2.75) is 13.0 Å². The number of methoxy groups -OCH3 is 2. The van der Waals surface area contributed by atoms with Gasteiger partial charge in [-0.1, -0.05) is 29.8 Å². The third kappa shape index (κ3) is 6.27. The maximum absolute atomic E-state index is 12.7. The van der Waals surface area contributed by atoms with E-state index in [1.54, 1.807) is 56.4 Å². The monoisotopic (exact) mass is 472 g/mol. The van der Waals surface area contributed by atoms with Crippen molar-refractivity contribution in [1.82, 2.24) is 9.80 Å². The number of amides is 1. The van der Waals surface area contributed by atoms with Crippen LogP contribution in [0.3, 0.4) is 0 Å². The van der Waals surface area contributed by atoms with Crippen molar-refractivity contribution in [1.29, 1.82) is 0 Å². The zero-order valence-corrected chi connectivity index (χ0v) is 19.9. The molecule has 0 bridgehead atoms. The number of rotatable bonds is 8. The predicted molar refractivity (Wildman–Crippen MR) is 128 cm³/mol. The van der Waals surface area contributed by atoms with Crippen LogP contribution in [0.25, 0.3) is 6.08 Å². The van der Waals surface area contributed by atoms with E-state index >= 15 is 0 Å². The van der Waals surface area contributed by atoms with Crippen LogP contribution in [0, 0.1) is 0 Å². The lowest BCUT2D eigenvalue weighted by Gasteiger charge is -2.38. The SMILES string of the molecule is CCOC(=O)C(c1ccc(Cl)cc1)N1CCN(C(=O)/C=C/c2ccc(OC)c(OC)c2)CC1. The Morgan fingerprint density at radius 2 is 1.67 bits per heavy atom. The lowest BCUT2D eigenvalue weighted by atomic mass is 10.0. The van der Waals surface area contributed by atoms with Gasteiger partial charge in [-0.25, -0.2) is 4.79 Å². The molecule has 2 aromatic rings. The molecule has 0 N–H and O–H groups in total. The molecule has 3 rings (SSSR count). The molecule has 33 heavy (non-hydrogen) atoms. The van der Waals surface area contributed by atoms with Crippen molar-refractivity contribution in [3.8, 4) is 11.5 Å². The lowest BCUT2D eigenvalue weighted by molar-refractivity contribution is -0.151. The van der Waals surface area contributed by atoms with Crippen LogP contribution in [0.1, 0.15) is 24.1 Å². The molecule has 1 heterocycles. The number of esters is 1. The first-order chi connectivity index (χ1) is 16.0. The number of nitrogens with zero attached hydrogens (tertiary/aromatic N) is 2. The third-order valence-electron chi connectivity index (χ3n) is 5.51. The first-order valence-electron chi connectivity index (χ1n) is 10.8. The van der Waals surface area contributed by atoms with E-state index in [1.807, 2.05) is 29.2 Å². The van der Waals surface area contributed by atoms with E-state index in [9.17, 15) is 9.59 Å². The molecule has 1 amide bonds. The van der Waals surface area contributed by atoms with E-state index in [0.717, 1.165) is 11.1 Å². The summed E-state index contributed by atoms with van der Waals surface area (Å²) in [5.41, 5.74) is 1.66. The molecule has 0 aromatic heterocycles. The molecule has 1 unspecified atom stereocenters. The highest BCUT2D eigenvalue weighted by atomic mass is 35.5. The highest BCUT2D eigenvalue weighted by Crippen LogP contribution is 2.28. The number of hydrogen-bond acceptors (Lipinski definition) is 6. The first kappa shape index (κ1) is 24.6. The van der Waals surface area contributed by atoms with Crippen LogP contribution in [0.2, 0.25) is 5.02 Å². The number of carbonyl (C=O) groups excluding carboxylic acids is 2. The van der Waals surface area contributed by atoms with Gasteiger partial charge in [0, 0.05) is 37.3 Å². The fourth-order valence-electron chi connectivity index (χ4n) is 3.79. The largest absolute Gasteiger partial charge is 0.493 e. The van der Waals surface area contributed by atoms with E-state index in [0.29, 0.717) is 49.3 Å². The minimum atomic E-state index is -0.526. The molecule has 8 heteroatoms. The van der Waals surface area contributed by atoms with Gasteiger partial charge in [-0.2, -0.15) is 0 Å². The minimum Gasteiger partial charge on any atom is -0.493 e. The smallest absolute Gasteiger partial charge is 0.328 e. The Morgan fingerprint density at radius 3 is 2.27 bits per heavy atom. The lowest BCUT2D eigenvalue weighted by Crippen LogP contribution is -2.50. The van der Waals surface area contributed by atoms with Crippen LogP contribution >= 0.6 is 11.6 Å². The summed E-state index contributed by atoms with van der Waals surface area (Å²) in [6.07, 6.45) is 3.31. The van der Waals surface area contributed by atoms with Gasteiger partial charge in [-0.15, -0.1) is 0 Å². The van der Waals surface area contributed by atoms with E-state index in [4.69, 9.17) is 25.8 Å². The minimum absolute atomic E-state index is 0.0800. The Labute approximate surface area is 199 Å². The van der Waals surface area contributed by atoms with Crippen molar-refractivity contribution in [2.24, 2.45) is 0 Å². The highest BCUT2D eigenvalue weighted by molar-refractivity contribution is 6.30. The summed E-state index contributed by atoms with van der Waals surface area (Å²) in [5, 5.41) is 0.609. The molecule has 1 fully saturated rings. The maximum atomic E-state index is 12.7. The number of hydrogen-bond donors (Lipinski definition) is 0. The molecule has 1 aliphatic rings. The van der Waals surface area contributed by atoms with Crippen molar-refractivity contribution >= 4 is 29.6 Å². The molecule has 1 atom stereocenters. The Balaban J connectivity index is 1.64. The summed E-state index contributed by atoms with van der Waals surface area (Å²) in [4.78, 5) is 29.2. The van der Waals surface area contributed by atoms with Crippen molar-refractivity contribution in [2.75, 3.05) is 47.0 Å². The second kappa shape index (κ2) is 11.7. The molecule has 7 nitrogen and oxygen atoms in total. The summed E-state index contributed by atoms with van der Waals surface area (Å²) in [6.45, 7) is 4.24. The van der Waals surface area contributed by atoms with E-state index in [-0.39, 0.29) is 11.9 Å². The van der Waals surface area contributed by atoms with Crippen LogP contribution in [0.5, 0.6) is 11.5 Å². The summed E-state index contributed by atoms with van der Waals surface area (Å²) >= 11 is 6.01. The average Bonchev–Trinajstić information content (AvgIpc) is 2.84. The fourth-order valence-corrected chi connectivity index (χ4v) is 3.92. The molecule has 0 aliphatic carbocycles. The van der Waals surface area contributed by atoms with Gasteiger partial charge in [0.1, 0.15) is 6.04 Å². The van der Waals surface area contributed by atoms with Crippen molar-refractivity contribution < 1.29 is 23.8 Å². The summed E-state index contributed by atoms with van der Waals surface area (Å²) in [6, 6.07) is 12.2. The maximum Gasteiger partial charge on any atom is 0.328 e. The molecular weight excluding hydrogens is 444 g/mol. The molecular formula is C25H29ClN2O5. The molecule has 1 saturated heterocycles. The summed E-state index contributed by atoms with van der Waals surface area (Å²) in [7, 11) is 3.15. The van der Waals surface area contributed by atoms with E-state index in [2.05, 4.69) is 0 Å². The third-order valence-corrected chi connectivity index (χ3v) is 5.76. The van der Waals surface area contributed by atoms with E-state index in [1.165, 1.54) is 0 Å². The number of piperazine rings is 1. The molecule has 1 aliphatic heterocycles. The van der Waals surface area contributed by atoms with Crippen LogP contribution < -0.4 is 9.47 Å². The summed E-state index contributed by atoms with van der Waals surface area (Å²) < 4.78 is 15.9. The molecule has 0 radical (unpaired) electrons. The molecule has 0 spiro atoms. The van der Waals surface area contributed by atoms with Crippen LogP contribution in [0.4, 0.5) is 0 Å². The summed E-state index contributed by atoms with van der Waals surface area (Å²) in [5.74, 6) is 0.860. The highest BCUT2D eigenvalue weighted by Gasteiger charge is 2.32. The number of carbonyl (C=O) groups is 2. The van der Waals surface area contributed by atoms with Gasteiger partial charge in [0.05, 0.1) is 20.8 Å². The second-order valence-corrected chi connectivity index (χ2v) is 7.95. The number of halogens is 1. The number of ether oxygens (including phenoxy) is 3. The van der Waals surface area contributed by atoms with Crippen molar-refractivity contribution in [3.05, 3.63) is 64.7 Å². The predicted octanol–water partition coefficient (Wildman–Crippen LogP) is 3.82. The second-order valence-electron chi connectivity index (χ2n) is 7.52. The van der Waals surface area contributed by atoms with Gasteiger partial charge in [0.25, 0.3) is 0 Å². The van der Waals surface area contributed by atoms with Crippen LogP contribution in [0.15, 0.2) is 48.5 Å². The topological polar surface area (TPSA) is 68.3 Å². The van der Waals surface area contributed by atoms with Gasteiger partial charge in [-0.05, 0) is 48.4 Å². The van der Waals surface area contributed by atoms with E-state index < -0.39 is 6.04 Å². The first-order valence-corrected chi connectivity index (χ1v) is 11.2. The molecule has 0 saturated carbocycles. The van der Waals surface area contributed by atoms with Crippen LogP contribution in [-0.2, 0) is 14.3 Å². The average molecular weight is 473 g/mol. The van der Waals surface area contributed by atoms with Gasteiger partial charge in [0.15, 0.2) is 11.5 Å². The van der Waals surface area contributed by atoms with Crippen LogP contribution in [-0.4, -0.2) is 68.7 Å². The van der Waals surface area contributed by atoms with Gasteiger partial charge >= 0.3 is 5.97 Å². The van der Waals surface area contributed by atoms with Gasteiger partial charge in [-0.3, -0.25) is 9.69 Å². The standard InChI is InChI=1S/C25H29ClN2O5/c1-4-33-25(30)24(19-7-9-20(26)10-8-19)28-15-13-27(14-16-28)23(29)12-6-18-5-11-21(31-2)22(17-18)32-3/h5-12,17,24H,4,13-16H2,1-3H3/b12-6+. The van der Waals surface area contributed by atoms with Gasteiger partial charge < -0.3 is 19.1 Å².